The van der Waals surface area contributed by atoms with E-state index in [9.17, 15) is 4.79 Å². The first-order chi connectivity index (χ1) is 8.59. The number of rotatable bonds is 7. The minimum absolute atomic E-state index is 0.140. The second-order valence-electron chi connectivity index (χ2n) is 6.07. The summed E-state index contributed by atoms with van der Waals surface area (Å²) in [6.45, 7) is 5.40. The molecule has 1 aliphatic carbocycles. The minimum Gasteiger partial charge on any atom is -0.326 e. The lowest BCUT2D eigenvalue weighted by molar-refractivity contribution is -0.131. The van der Waals surface area contributed by atoms with Gasteiger partial charge in [0.25, 0.3) is 0 Å². The van der Waals surface area contributed by atoms with E-state index in [0.717, 1.165) is 32.2 Å². The molecule has 1 spiro atoms. The fourth-order valence-electron chi connectivity index (χ4n) is 2.78. The van der Waals surface area contributed by atoms with Crippen molar-refractivity contribution in [3.05, 3.63) is 0 Å². The van der Waals surface area contributed by atoms with Crippen LogP contribution in [0.2, 0.25) is 0 Å². The van der Waals surface area contributed by atoms with Crippen molar-refractivity contribution in [2.45, 2.75) is 57.7 Å². The van der Waals surface area contributed by atoms with Crippen LogP contribution in [0.15, 0.2) is 0 Å². The van der Waals surface area contributed by atoms with Gasteiger partial charge < -0.3 is 4.90 Å². The molecule has 18 heavy (non-hydrogen) atoms. The zero-order chi connectivity index (χ0) is 13.2. The van der Waals surface area contributed by atoms with Gasteiger partial charge in [-0.2, -0.15) is 11.8 Å². The van der Waals surface area contributed by atoms with E-state index in [1.807, 2.05) is 11.8 Å². The zero-order valence-corrected chi connectivity index (χ0v) is 12.7. The summed E-state index contributed by atoms with van der Waals surface area (Å²) in [6, 6.07) is 0. The molecule has 2 aliphatic rings. The normalized spacial score (nSPS) is 25.4. The van der Waals surface area contributed by atoms with Crippen LogP contribution in [0.25, 0.3) is 0 Å². The van der Waals surface area contributed by atoms with Gasteiger partial charge in [-0.3, -0.25) is 10.1 Å². The zero-order valence-electron chi connectivity index (χ0n) is 11.9. The second kappa shape index (κ2) is 5.83. The van der Waals surface area contributed by atoms with Crippen molar-refractivity contribution in [1.29, 1.82) is 0 Å². The average Bonchev–Trinajstić information content (AvgIpc) is 3.03. The molecule has 1 unspecified atom stereocenters. The van der Waals surface area contributed by atoms with E-state index in [0.29, 0.717) is 11.8 Å². The van der Waals surface area contributed by atoms with Crippen LogP contribution in [0.4, 0.5) is 0 Å². The lowest BCUT2D eigenvalue weighted by Crippen LogP contribution is -2.39. The van der Waals surface area contributed by atoms with Crippen molar-refractivity contribution in [3.8, 4) is 0 Å². The van der Waals surface area contributed by atoms with E-state index < -0.39 is 0 Å². The minimum atomic E-state index is -0.140. The number of amides is 1. The Bertz CT molecular complexity index is 302. The summed E-state index contributed by atoms with van der Waals surface area (Å²) >= 11 is 1.89. The standard InChI is InChI=1S/C14H26N2OS/c1-11(2)10-12-15-14(6-7-14)13(17)16(12)8-4-5-9-18-3/h11-12,15H,4-10H2,1-3H3. The molecule has 2 fully saturated rings. The van der Waals surface area contributed by atoms with Crippen molar-refractivity contribution in [1.82, 2.24) is 10.2 Å². The monoisotopic (exact) mass is 270 g/mol. The second-order valence-corrected chi connectivity index (χ2v) is 7.06. The molecule has 1 atom stereocenters. The van der Waals surface area contributed by atoms with E-state index >= 15 is 0 Å². The van der Waals surface area contributed by atoms with Crippen molar-refractivity contribution in [2.75, 3.05) is 18.6 Å². The van der Waals surface area contributed by atoms with Crippen LogP contribution in [0.1, 0.15) is 46.0 Å². The topological polar surface area (TPSA) is 32.3 Å². The third-order valence-corrected chi connectivity index (χ3v) is 4.63. The highest BCUT2D eigenvalue weighted by molar-refractivity contribution is 7.98. The Balaban J connectivity index is 1.88. The summed E-state index contributed by atoms with van der Waals surface area (Å²) in [6.07, 6.45) is 7.95. The van der Waals surface area contributed by atoms with Gasteiger partial charge in [0.05, 0.1) is 11.7 Å². The number of unbranched alkanes of at least 4 members (excludes halogenated alkanes) is 1. The number of hydrogen-bond acceptors (Lipinski definition) is 3. The Hall–Kier alpha value is -0.220. The molecular formula is C14H26N2OS. The quantitative estimate of drug-likeness (QED) is 0.721. The van der Waals surface area contributed by atoms with Crippen molar-refractivity contribution >= 4 is 17.7 Å². The fourth-order valence-corrected chi connectivity index (χ4v) is 3.27. The molecule has 1 N–H and O–H groups in total. The molecule has 3 nitrogen and oxygen atoms in total. The van der Waals surface area contributed by atoms with Gasteiger partial charge in [-0.25, -0.2) is 0 Å². The van der Waals surface area contributed by atoms with Gasteiger partial charge in [0.2, 0.25) is 5.91 Å². The number of thioether (sulfide) groups is 1. The van der Waals surface area contributed by atoms with E-state index in [-0.39, 0.29) is 11.7 Å². The van der Waals surface area contributed by atoms with Gasteiger partial charge in [0.15, 0.2) is 0 Å². The van der Waals surface area contributed by atoms with Gasteiger partial charge in [-0.05, 0) is 50.0 Å². The molecule has 1 saturated heterocycles. The summed E-state index contributed by atoms with van der Waals surface area (Å²) in [5.74, 6) is 2.21. The van der Waals surface area contributed by atoms with Crippen LogP contribution in [-0.2, 0) is 4.79 Å². The molecule has 1 aliphatic heterocycles. The highest BCUT2D eigenvalue weighted by Gasteiger charge is 2.58. The molecular weight excluding hydrogens is 244 g/mol. The Kier molecular flexibility index (Phi) is 4.59. The SMILES string of the molecule is CSCCCCN1C(=O)C2(CC2)NC1CC(C)C. The third-order valence-electron chi connectivity index (χ3n) is 3.93. The molecule has 0 bridgehead atoms. The molecule has 104 valence electrons. The number of carbonyl (C=O) groups is 1. The highest BCUT2D eigenvalue weighted by Crippen LogP contribution is 2.43. The largest absolute Gasteiger partial charge is 0.326 e. The number of nitrogens with zero attached hydrogens (tertiary/aromatic N) is 1. The first kappa shape index (κ1) is 14.2. The van der Waals surface area contributed by atoms with E-state index in [4.69, 9.17) is 0 Å². The average molecular weight is 270 g/mol. The van der Waals surface area contributed by atoms with Crippen LogP contribution in [0, 0.1) is 5.92 Å². The van der Waals surface area contributed by atoms with Gasteiger partial charge in [-0.15, -0.1) is 0 Å². The van der Waals surface area contributed by atoms with Crippen LogP contribution in [0.3, 0.4) is 0 Å². The van der Waals surface area contributed by atoms with Crippen molar-refractivity contribution in [2.24, 2.45) is 5.92 Å². The summed E-state index contributed by atoms with van der Waals surface area (Å²) in [5, 5.41) is 3.58. The number of nitrogens with one attached hydrogen (secondary N) is 1. The Labute approximate surface area is 115 Å². The number of hydrogen-bond donors (Lipinski definition) is 1. The van der Waals surface area contributed by atoms with Crippen molar-refractivity contribution < 1.29 is 4.79 Å². The molecule has 1 saturated carbocycles. The maximum atomic E-state index is 12.4. The fraction of sp³-hybridized carbons (Fsp3) is 0.929. The molecule has 2 rings (SSSR count). The maximum absolute atomic E-state index is 12.4. The van der Waals surface area contributed by atoms with Gasteiger partial charge in [0.1, 0.15) is 0 Å². The third kappa shape index (κ3) is 3.02. The summed E-state index contributed by atoms with van der Waals surface area (Å²) in [4.78, 5) is 14.5. The van der Waals surface area contributed by atoms with E-state index in [1.165, 1.54) is 12.2 Å². The van der Waals surface area contributed by atoms with Crippen LogP contribution in [0.5, 0.6) is 0 Å². The maximum Gasteiger partial charge on any atom is 0.244 e. The van der Waals surface area contributed by atoms with Crippen LogP contribution < -0.4 is 5.32 Å². The molecule has 1 amide bonds. The molecule has 0 aromatic carbocycles. The van der Waals surface area contributed by atoms with Crippen LogP contribution >= 0.6 is 11.8 Å². The van der Waals surface area contributed by atoms with Crippen molar-refractivity contribution in [3.63, 3.8) is 0 Å². The first-order valence-corrected chi connectivity index (χ1v) is 8.56. The smallest absolute Gasteiger partial charge is 0.244 e. The molecule has 0 radical (unpaired) electrons. The molecule has 0 aromatic rings. The van der Waals surface area contributed by atoms with Gasteiger partial charge >= 0.3 is 0 Å². The molecule has 1 heterocycles. The summed E-state index contributed by atoms with van der Waals surface area (Å²) < 4.78 is 0. The molecule has 0 aromatic heterocycles. The predicted octanol–water partition coefficient (Wildman–Crippen LogP) is 2.47. The lowest BCUT2D eigenvalue weighted by Gasteiger charge is -2.25. The van der Waals surface area contributed by atoms with E-state index in [2.05, 4.69) is 30.3 Å². The Morgan fingerprint density at radius 3 is 2.72 bits per heavy atom. The van der Waals surface area contributed by atoms with Gasteiger partial charge in [-0.1, -0.05) is 13.8 Å². The number of carbonyl (C=O) groups excluding carboxylic acids is 1. The lowest BCUT2D eigenvalue weighted by atomic mass is 10.1. The summed E-state index contributed by atoms with van der Waals surface area (Å²) in [5.41, 5.74) is -0.140. The first-order valence-electron chi connectivity index (χ1n) is 7.17. The predicted molar refractivity (Wildman–Crippen MR) is 77.7 cm³/mol. The Morgan fingerprint density at radius 2 is 2.17 bits per heavy atom. The van der Waals surface area contributed by atoms with E-state index in [1.54, 1.807) is 0 Å². The van der Waals surface area contributed by atoms with Gasteiger partial charge in [0, 0.05) is 6.54 Å². The van der Waals surface area contributed by atoms with Crippen LogP contribution in [-0.4, -0.2) is 41.1 Å². The highest BCUT2D eigenvalue weighted by atomic mass is 32.2. The Morgan fingerprint density at radius 1 is 1.44 bits per heavy atom. The summed E-state index contributed by atoms with van der Waals surface area (Å²) in [7, 11) is 0. The molecule has 4 heteroatoms.